The molecule has 0 N–H and O–H groups in total. The minimum Gasteiger partial charge on any atom is -0.309 e. The van der Waals surface area contributed by atoms with Crippen LogP contribution in [0.1, 0.15) is 0 Å². The summed E-state index contributed by atoms with van der Waals surface area (Å²) in [5.74, 6) is 0.823. The topological polar surface area (TPSA) is 35.6 Å². The zero-order valence-electron chi connectivity index (χ0n) is 30.1. The molecule has 4 heteroatoms. The summed E-state index contributed by atoms with van der Waals surface area (Å²) in [6.45, 7) is 0. The number of para-hydroxylation sites is 3. The molecule has 56 heavy (non-hydrogen) atoms. The molecule has 0 aliphatic heterocycles. The first kappa shape index (κ1) is 29.8. The van der Waals surface area contributed by atoms with Crippen LogP contribution in [0.25, 0.3) is 121 Å². The van der Waals surface area contributed by atoms with Crippen LogP contribution < -0.4 is 0 Å². The largest absolute Gasteiger partial charge is 0.309 e. The molecule has 0 saturated carbocycles. The van der Waals surface area contributed by atoms with Crippen molar-refractivity contribution in [2.24, 2.45) is 0 Å². The van der Waals surface area contributed by atoms with Gasteiger partial charge in [0.25, 0.3) is 0 Å². The summed E-state index contributed by atoms with van der Waals surface area (Å²) in [6.07, 6.45) is 0. The van der Waals surface area contributed by atoms with Gasteiger partial charge < -0.3 is 4.57 Å². The van der Waals surface area contributed by atoms with Gasteiger partial charge in [-0.3, -0.25) is 4.57 Å². The molecule has 0 saturated heterocycles. The van der Waals surface area contributed by atoms with E-state index in [1.54, 1.807) is 0 Å². The van der Waals surface area contributed by atoms with Gasteiger partial charge in [-0.05, 0) is 81.6 Å². The Bertz CT molecular complexity index is 3630. The average molecular weight is 711 g/mol. The van der Waals surface area contributed by atoms with Crippen LogP contribution in [-0.2, 0) is 0 Å². The molecule has 0 radical (unpaired) electrons. The maximum atomic E-state index is 5.57. The van der Waals surface area contributed by atoms with Crippen molar-refractivity contribution in [3.8, 4) is 45.0 Å². The van der Waals surface area contributed by atoms with Gasteiger partial charge in [0.05, 0.1) is 33.1 Å². The van der Waals surface area contributed by atoms with Gasteiger partial charge in [0, 0.05) is 43.6 Å². The molecule has 3 aromatic heterocycles. The zero-order valence-corrected chi connectivity index (χ0v) is 30.1. The van der Waals surface area contributed by atoms with E-state index >= 15 is 0 Å². The Morgan fingerprint density at radius 2 is 0.929 bits per heavy atom. The Balaban J connectivity index is 1.26. The van der Waals surface area contributed by atoms with E-state index in [-0.39, 0.29) is 0 Å². The third-order valence-electron chi connectivity index (χ3n) is 12.0. The van der Waals surface area contributed by atoms with Crippen molar-refractivity contribution in [2.75, 3.05) is 0 Å². The predicted octanol–water partition coefficient (Wildman–Crippen LogP) is 13.4. The fourth-order valence-corrected chi connectivity index (χ4v) is 9.74. The molecule has 3 heterocycles. The lowest BCUT2D eigenvalue weighted by atomic mass is 9.94. The Labute approximate surface area is 321 Å². The number of rotatable bonds is 4. The Morgan fingerprint density at radius 3 is 1.71 bits per heavy atom. The van der Waals surface area contributed by atoms with Crippen LogP contribution in [0.4, 0.5) is 0 Å². The number of benzene rings is 9. The van der Waals surface area contributed by atoms with Crippen molar-refractivity contribution in [1.29, 1.82) is 0 Å². The van der Waals surface area contributed by atoms with Crippen molar-refractivity contribution in [2.45, 2.75) is 0 Å². The average Bonchev–Trinajstić information content (AvgIpc) is 3.76. The second kappa shape index (κ2) is 11.0. The highest BCUT2D eigenvalue weighted by atomic mass is 15.1. The van der Waals surface area contributed by atoms with Crippen molar-refractivity contribution in [3.05, 3.63) is 182 Å². The Kier molecular flexibility index (Phi) is 5.86. The van der Waals surface area contributed by atoms with Gasteiger partial charge in [-0.15, -0.1) is 0 Å². The van der Waals surface area contributed by atoms with Crippen molar-refractivity contribution in [1.82, 2.24) is 19.1 Å². The molecule has 1 aliphatic carbocycles. The van der Waals surface area contributed by atoms with Gasteiger partial charge in [-0.2, -0.15) is 0 Å². The van der Waals surface area contributed by atoms with Crippen LogP contribution >= 0.6 is 0 Å². The van der Waals surface area contributed by atoms with Crippen LogP contribution in [0.2, 0.25) is 0 Å². The summed E-state index contributed by atoms with van der Waals surface area (Å²) < 4.78 is 4.88. The van der Waals surface area contributed by atoms with Gasteiger partial charge >= 0.3 is 0 Å². The first-order valence-electron chi connectivity index (χ1n) is 19.2. The molecule has 0 unspecified atom stereocenters. The molecule has 13 rings (SSSR count). The number of hydrogen-bond donors (Lipinski definition) is 0. The van der Waals surface area contributed by atoms with Gasteiger partial charge in [0.15, 0.2) is 5.82 Å². The number of hydrogen-bond acceptors (Lipinski definition) is 2. The van der Waals surface area contributed by atoms with Crippen LogP contribution in [-0.4, -0.2) is 19.1 Å². The van der Waals surface area contributed by atoms with Gasteiger partial charge in [-0.1, -0.05) is 133 Å². The van der Waals surface area contributed by atoms with E-state index in [2.05, 4.69) is 185 Å². The first-order chi connectivity index (χ1) is 27.8. The minimum atomic E-state index is 0.823. The number of fused-ring (bicyclic) bond motifs is 5. The van der Waals surface area contributed by atoms with Crippen LogP contribution in [0.15, 0.2) is 182 Å². The Morgan fingerprint density at radius 1 is 0.339 bits per heavy atom. The molecular formula is C52H30N4. The summed E-state index contributed by atoms with van der Waals surface area (Å²) in [5.41, 5.74) is 14.3. The van der Waals surface area contributed by atoms with Crippen molar-refractivity contribution < 1.29 is 0 Å². The summed E-state index contributed by atoms with van der Waals surface area (Å²) in [6, 6.07) is 65.6. The lowest BCUT2D eigenvalue weighted by molar-refractivity contribution is 1.08. The molecule has 9 aromatic carbocycles. The maximum Gasteiger partial charge on any atom is 0.165 e. The smallest absolute Gasteiger partial charge is 0.165 e. The second-order valence-electron chi connectivity index (χ2n) is 14.9. The molecule has 0 amide bonds. The van der Waals surface area contributed by atoms with Crippen molar-refractivity contribution in [3.63, 3.8) is 0 Å². The van der Waals surface area contributed by atoms with E-state index in [1.165, 1.54) is 70.8 Å². The van der Waals surface area contributed by atoms with Crippen LogP contribution in [0, 0.1) is 0 Å². The molecule has 12 aromatic rings. The molecule has 4 nitrogen and oxygen atoms in total. The molecule has 0 bridgehead atoms. The summed E-state index contributed by atoms with van der Waals surface area (Å²) in [4.78, 5) is 11.0. The standard InChI is InChI=1S/C52H30N4/c1-3-14-31(15-4-1)32-16-11-17-33(30-32)50-52(54-41-25-10-9-24-40(41)53-50)56-43-27-13-23-37-36-22-12-26-42-45(36)48-44(55(42)34-18-5-2-6-19-34)29-28-38-35-20-7-8-21-39(35)51(56)49(46(37)43)47(38)48/h1-30H. The fraction of sp³-hybridized carbons (Fsp3) is 0. The number of aromatic nitrogens is 4. The van der Waals surface area contributed by atoms with E-state index in [1.807, 2.05) is 6.07 Å². The summed E-state index contributed by atoms with van der Waals surface area (Å²) in [5, 5.41) is 10.1. The van der Waals surface area contributed by atoms with Gasteiger partial charge in [0.2, 0.25) is 0 Å². The summed E-state index contributed by atoms with van der Waals surface area (Å²) in [7, 11) is 0. The zero-order chi connectivity index (χ0) is 36.5. The SMILES string of the molecule is c1ccc(-c2cccc(-c3nc4ccccc4nc3-n3c4cccc5c4c4c6c(ccc7c6c6c-5cccc6n7-c5ccccc5)c5ccccc5c43)c2)cc1. The van der Waals surface area contributed by atoms with Crippen molar-refractivity contribution >= 4 is 76.2 Å². The fourth-order valence-electron chi connectivity index (χ4n) is 9.74. The van der Waals surface area contributed by atoms with Gasteiger partial charge in [0.1, 0.15) is 5.69 Å². The highest BCUT2D eigenvalue weighted by Gasteiger charge is 2.30. The molecule has 258 valence electrons. The quantitative estimate of drug-likeness (QED) is 0.170. The highest BCUT2D eigenvalue weighted by molar-refractivity contribution is 6.43. The van der Waals surface area contributed by atoms with Crippen LogP contribution in [0.5, 0.6) is 0 Å². The highest BCUT2D eigenvalue weighted by Crippen LogP contribution is 2.53. The monoisotopic (exact) mass is 710 g/mol. The van der Waals surface area contributed by atoms with E-state index in [0.717, 1.165) is 50.4 Å². The van der Waals surface area contributed by atoms with Gasteiger partial charge in [-0.25, -0.2) is 9.97 Å². The molecular weight excluding hydrogens is 681 g/mol. The van der Waals surface area contributed by atoms with E-state index in [9.17, 15) is 0 Å². The molecule has 0 atom stereocenters. The molecule has 0 fully saturated rings. The normalized spacial score (nSPS) is 12.3. The lowest BCUT2D eigenvalue weighted by Crippen LogP contribution is -2.04. The third kappa shape index (κ3) is 3.87. The first-order valence-corrected chi connectivity index (χ1v) is 19.2. The minimum absolute atomic E-state index is 0.823. The predicted molar refractivity (Wildman–Crippen MR) is 233 cm³/mol. The van der Waals surface area contributed by atoms with Crippen LogP contribution in [0.3, 0.4) is 0 Å². The maximum absolute atomic E-state index is 5.57. The van der Waals surface area contributed by atoms with E-state index in [0.29, 0.717) is 0 Å². The van der Waals surface area contributed by atoms with E-state index in [4.69, 9.17) is 9.97 Å². The van der Waals surface area contributed by atoms with E-state index < -0.39 is 0 Å². The molecule has 1 aliphatic rings. The Hall–Kier alpha value is -7.56. The summed E-state index contributed by atoms with van der Waals surface area (Å²) >= 11 is 0. The lowest BCUT2D eigenvalue weighted by Gasteiger charge is -2.16. The molecule has 0 spiro atoms. The number of nitrogens with zero attached hydrogens (tertiary/aromatic N) is 4. The third-order valence-corrected chi connectivity index (χ3v) is 12.0. The second-order valence-corrected chi connectivity index (χ2v) is 14.9.